The van der Waals surface area contributed by atoms with Gasteiger partial charge >= 0.3 is 5.69 Å². The molecule has 2 aromatic rings. The summed E-state index contributed by atoms with van der Waals surface area (Å²) in [6.45, 7) is 3.79. The summed E-state index contributed by atoms with van der Waals surface area (Å²) >= 11 is 0. The maximum absolute atomic E-state index is 11.8. The standard InChI is InChI=1S/C12H14N4O3/c1-7(2)19-9-6-4-3-5-8(9)13-11(17)10-14-12(18)16-15-10/h3-7H,1-2H3,(H,13,17)(H2,14,15,16,18). The number of nitrogens with zero attached hydrogens (tertiary/aromatic N) is 1. The van der Waals surface area contributed by atoms with Gasteiger partial charge in [0, 0.05) is 0 Å². The average molecular weight is 262 g/mol. The van der Waals surface area contributed by atoms with Gasteiger partial charge in [-0.05, 0) is 26.0 Å². The van der Waals surface area contributed by atoms with Gasteiger partial charge in [0.05, 0.1) is 11.8 Å². The number of aromatic amines is 2. The fourth-order valence-corrected chi connectivity index (χ4v) is 1.49. The molecule has 0 atom stereocenters. The van der Waals surface area contributed by atoms with E-state index in [1.807, 2.05) is 19.9 Å². The van der Waals surface area contributed by atoms with Gasteiger partial charge in [0.1, 0.15) is 5.75 Å². The molecule has 0 spiro atoms. The molecule has 1 heterocycles. The minimum Gasteiger partial charge on any atom is -0.489 e. The summed E-state index contributed by atoms with van der Waals surface area (Å²) in [5.74, 6) is -0.0359. The van der Waals surface area contributed by atoms with E-state index in [1.54, 1.807) is 18.2 Å². The third-order valence-corrected chi connectivity index (χ3v) is 2.21. The number of amides is 1. The Hall–Kier alpha value is -2.57. The molecule has 19 heavy (non-hydrogen) atoms. The molecule has 7 nitrogen and oxygen atoms in total. The fraction of sp³-hybridized carbons (Fsp3) is 0.250. The topological polar surface area (TPSA) is 99.9 Å². The van der Waals surface area contributed by atoms with Gasteiger partial charge in [-0.1, -0.05) is 12.1 Å². The van der Waals surface area contributed by atoms with Crippen LogP contribution < -0.4 is 15.7 Å². The Balaban J connectivity index is 2.19. The lowest BCUT2D eigenvalue weighted by molar-refractivity contribution is 0.101. The summed E-state index contributed by atoms with van der Waals surface area (Å²) in [6.07, 6.45) is -0.0109. The Morgan fingerprint density at radius 3 is 2.74 bits per heavy atom. The second-order valence-corrected chi connectivity index (χ2v) is 4.14. The van der Waals surface area contributed by atoms with Crippen LogP contribution >= 0.6 is 0 Å². The van der Waals surface area contributed by atoms with Crippen LogP contribution in [0.4, 0.5) is 5.69 Å². The highest BCUT2D eigenvalue weighted by atomic mass is 16.5. The van der Waals surface area contributed by atoms with Crippen LogP contribution in [0.3, 0.4) is 0 Å². The molecule has 0 aliphatic rings. The zero-order chi connectivity index (χ0) is 13.8. The lowest BCUT2D eigenvalue weighted by atomic mass is 10.3. The van der Waals surface area contributed by atoms with Gasteiger partial charge in [0.15, 0.2) is 0 Å². The summed E-state index contributed by atoms with van der Waals surface area (Å²) < 4.78 is 5.57. The summed E-state index contributed by atoms with van der Waals surface area (Å²) in [5.41, 5.74) is -0.0121. The van der Waals surface area contributed by atoms with E-state index in [9.17, 15) is 9.59 Å². The zero-order valence-electron chi connectivity index (χ0n) is 10.6. The van der Waals surface area contributed by atoms with Crippen LogP contribution in [0.5, 0.6) is 5.75 Å². The largest absolute Gasteiger partial charge is 0.489 e. The number of carbonyl (C=O) groups excluding carboxylic acids is 1. The van der Waals surface area contributed by atoms with Crippen LogP contribution in [0.15, 0.2) is 29.1 Å². The van der Waals surface area contributed by atoms with Gasteiger partial charge < -0.3 is 10.1 Å². The van der Waals surface area contributed by atoms with Gasteiger partial charge in [-0.25, -0.2) is 9.89 Å². The summed E-state index contributed by atoms with van der Waals surface area (Å²) in [5, 5.41) is 8.31. The number of ether oxygens (including phenoxy) is 1. The molecule has 0 radical (unpaired) electrons. The molecule has 0 unspecified atom stereocenters. The van der Waals surface area contributed by atoms with Crippen molar-refractivity contribution in [3.8, 4) is 5.75 Å². The van der Waals surface area contributed by atoms with Crippen molar-refractivity contribution in [1.82, 2.24) is 15.2 Å². The van der Waals surface area contributed by atoms with Crippen molar-refractivity contribution < 1.29 is 9.53 Å². The summed E-state index contributed by atoms with van der Waals surface area (Å²) in [6, 6.07) is 7.04. The van der Waals surface area contributed by atoms with Gasteiger partial charge in [0.25, 0.3) is 5.91 Å². The molecule has 7 heteroatoms. The molecule has 0 aliphatic carbocycles. The molecule has 0 aliphatic heterocycles. The Morgan fingerprint density at radius 1 is 1.37 bits per heavy atom. The van der Waals surface area contributed by atoms with E-state index in [-0.39, 0.29) is 11.9 Å². The Labute approximate surface area is 109 Å². The quantitative estimate of drug-likeness (QED) is 0.769. The lowest BCUT2D eigenvalue weighted by Gasteiger charge is -2.14. The Morgan fingerprint density at radius 2 is 2.11 bits per heavy atom. The predicted octanol–water partition coefficient (Wildman–Crippen LogP) is 1.14. The fourth-order valence-electron chi connectivity index (χ4n) is 1.49. The van der Waals surface area contributed by atoms with Crippen molar-refractivity contribution in [2.45, 2.75) is 20.0 Å². The molecule has 0 saturated carbocycles. The van der Waals surface area contributed by atoms with E-state index >= 15 is 0 Å². The molecule has 0 fully saturated rings. The van der Waals surface area contributed by atoms with Crippen molar-refractivity contribution in [3.05, 3.63) is 40.6 Å². The zero-order valence-corrected chi connectivity index (χ0v) is 10.6. The van der Waals surface area contributed by atoms with E-state index in [4.69, 9.17) is 4.74 Å². The maximum atomic E-state index is 11.8. The molecular formula is C12H14N4O3. The highest BCUT2D eigenvalue weighted by Gasteiger charge is 2.13. The van der Waals surface area contributed by atoms with Crippen LogP contribution in [0.2, 0.25) is 0 Å². The first kappa shape index (κ1) is 12.9. The first-order chi connectivity index (χ1) is 9.06. The van der Waals surface area contributed by atoms with Gasteiger partial charge in [-0.3, -0.25) is 9.78 Å². The highest BCUT2D eigenvalue weighted by molar-refractivity contribution is 6.02. The number of anilines is 1. The monoisotopic (exact) mass is 262 g/mol. The number of carbonyl (C=O) groups is 1. The van der Waals surface area contributed by atoms with E-state index in [0.29, 0.717) is 11.4 Å². The summed E-state index contributed by atoms with van der Waals surface area (Å²) in [7, 11) is 0. The molecule has 0 saturated heterocycles. The van der Waals surface area contributed by atoms with Crippen LogP contribution in [-0.2, 0) is 0 Å². The number of para-hydroxylation sites is 2. The molecular weight excluding hydrogens is 248 g/mol. The molecule has 100 valence electrons. The van der Waals surface area contributed by atoms with Gasteiger partial charge in [-0.15, -0.1) is 5.10 Å². The van der Waals surface area contributed by atoms with Crippen molar-refractivity contribution in [2.75, 3.05) is 5.32 Å². The van der Waals surface area contributed by atoms with E-state index < -0.39 is 11.6 Å². The van der Waals surface area contributed by atoms with E-state index in [1.165, 1.54) is 0 Å². The molecule has 3 N–H and O–H groups in total. The lowest BCUT2D eigenvalue weighted by Crippen LogP contribution is -2.16. The second kappa shape index (κ2) is 5.38. The number of hydrogen-bond donors (Lipinski definition) is 3. The van der Waals surface area contributed by atoms with Crippen LogP contribution in [-0.4, -0.2) is 27.2 Å². The predicted molar refractivity (Wildman–Crippen MR) is 69.4 cm³/mol. The van der Waals surface area contributed by atoms with Gasteiger partial charge in [0.2, 0.25) is 5.82 Å². The number of aromatic nitrogens is 3. The van der Waals surface area contributed by atoms with Crippen LogP contribution in [0, 0.1) is 0 Å². The smallest absolute Gasteiger partial charge is 0.341 e. The van der Waals surface area contributed by atoms with Crippen molar-refractivity contribution in [3.63, 3.8) is 0 Å². The van der Waals surface area contributed by atoms with Crippen LogP contribution in [0.1, 0.15) is 24.5 Å². The third-order valence-electron chi connectivity index (χ3n) is 2.21. The maximum Gasteiger partial charge on any atom is 0.341 e. The minimum absolute atomic E-state index is 0.0109. The first-order valence-electron chi connectivity index (χ1n) is 5.78. The minimum atomic E-state index is -0.531. The number of H-pyrrole nitrogens is 2. The van der Waals surface area contributed by atoms with Crippen LogP contribution in [0.25, 0.3) is 0 Å². The Kier molecular flexibility index (Phi) is 3.65. The third kappa shape index (κ3) is 3.21. The molecule has 1 aromatic heterocycles. The normalized spacial score (nSPS) is 10.5. The number of hydrogen-bond acceptors (Lipinski definition) is 4. The number of benzene rings is 1. The molecule has 2 rings (SSSR count). The average Bonchev–Trinajstić information content (AvgIpc) is 2.78. The molecule has 1 amide bonds. The first-order valence-corrected chi connectivity index (χ1v) is 5.78. The highest BCUT2D eigenvalue weighted by Crippen LogP contribution is 2.24. The molecule has 0 bridgehead atoms. The SMILES string of the molecule is CC(C)Oc1ccccc1NC(=O)c1n[nH]c(=O)[nH]1. The van der Waals surface area contributed by atoms with Gasteiger partial charge in [-0.2, -0.15) is 0 Å². The van der Waals surface area contributed by atoms with Crippen molar-refractivity contribution in [2.24, 2.45) is 0 Å². The van der Waals surface area contributed by atoms with E-state index in [0.717, 1.165) is 0 Å². The van der Waals surface area contributed by atoms with E-state index in [2.05, 4.69) is 20.5 Å². The Bertz CT molecular complexity index is 630. The van der Waals surface area contributed by atoms with Crippen molar-refractivity contribution >= 4 is 11.6 Å². The summed E-state index contributed by atoms with van der Waals surface area (Å²) in [4.78, 5) is 25.0. The number of nitrogens with one attached hydrogen (secondary N) is 3. The second-order valence-electron chi connectivity index (χ2n) is 4.14. The number of rotatable bonds is 4. The molecule has 1 aromatic carbocycles. The van der Waals surface area contributed by atoms with Crippen molar-refractivity contribution in [1.29, 1.82) is 0 Å².